The lowest BCUT2D eigenvalue weighted by atomic mass is 9.85. The summed E-state index contributed by atoms with van der Waals surface area (Å²) in [4.78, 5) is 24.7. The van der Waals surface area contributed by atoms with E-state index in [4.69, 9.17) is 0 Å². The van der Waals surface area contributed by atoms with E-state index < -0.39 is 12.1 Å². The molecule has 120 valence electrons. The summed E-state index contributed by atoms with van der Waals surface area (Å²) >= 11 is 1.22. The third-order valence-corrected chi connectivity index (χ3v) is 5.41. The van der Waals surface area contributed by atoms with Gasteiger partial charge in [0.15, 0.2) is 5.12 Å². The van der Waals surface area contributed by atoms with Gasteiger partial charge < -0.3 is 4.90 Å². The fourth-order valence-electron chi connectivity index (χ4n) is 3.22. The van der Waals surface area contributed by atoms with E-state index in [1.807, 2.05) is 0 Å². The highest BCUT2D eigenvalue weighted by Crippen LogP contribution is 2.40. The van der Waals surface area contributed by atoms with Crippen LogP contribution < -0.4 is 0 Å². The standard InChI is InChI=1S/C14H20F3NO2S/c1-9(19)21-8-10-6-13(20)18(7-10)12-4-2-11(3-5-12)14(15,16)17/h10-12H,2-8H2,1H3. The number of nitrogens with zero attached hydrogens (tertiary/aromatic N) is 1. The number of amides is 1. The fourth-order valence-corrected chi connectivity index (χ4v) is 3.92. The van der Waals surface area contributed by atoms with Crippen molar-refractivity contribution in [2.75, 3.05) is 12.3 Å². The van der Waals surface area contributed by atoms with Crippen LogP contribution in [0.1, 0.15) is 39.0 Å². The Labute approximate surface area is 126 Å². The fraction of sp³-hybridized carbons (Fsp3) is 0.857. The van der Waals surface area contributed by atoms with Gasteiger partial charge >= 0.3 is 6.18 Å². The van der Waals surface area contributed by atoms with Crippen molar-refractivity contribution in [3.8, 4) is 0 Å². The van der Waals surface area contributed by atoms with Crippen molar-refractivity contribution >= 4 is 22.8 Å². The maximum absolute atomic E-state index is 12.6. The molecule has 1 unspecified atom stereocenters. The van der Waals surface area contributed by atoms with Crippen LogP contribution in [0.4, 0.5) is 13.2 Å². The lowest BCUT2D eigenvalue weighted by Gasteiger charge is -2.35. The zero-order valence-electron chi connectivity index (χ0n) is 12.0. The van der Waals surface area contributed by atoms with Gasteiger partial charge in [-0.1, -0.05) is 11.8 Å². The molecule has 0 aromatic carbocycles. The Hall–Kier alpha value is -0.720. The number of thioether (sulfide) groups is 1. The molecule has 0 radical (unpaired) electrons. The molecule has 1 atom stereocenters. The van der Waals surface area contributed by atoms with Gasteiger partial charge in [-0.3, -0.25) is 9.59 Å². The molecule has 0 N–H and O–H groups in total. The third kappa shape index (κ3) is 4.37. The molecule has 1 saturated heterocycles. The summed E-state index contributed by atoms with van der Waals surface area (Å²) in [5.74, 6) is -0.419. The number of alkyl halides is 3. The van der Waals surface area contributed by atoms with Crippen molar-refractivity contribution in [3.63, 3.8) is 0 Å². The zero-order valence-corrected chi connectivity index (χ0v) is 12.8. The van der Waals surface area contributed by atoms with Gasteiger partial charge in [-0.15, -0.1) is 0 Å². The lowest BCUT2D eigenvalue weighted by molar-refractivity contribution is -0.184. The number of hydrogen-bond donors (Lipinski definition) is 0. The van der Waals surface area contributed by atoms with Gasteiger partial charge in [0.2, 0.25) is 5.91 Å². The van der Waals surface area contributed by atoms with Crippen molar-refractivity contribution in [2.24, 2.45) is 11.8 Å². The molecular formula is C14H20F3NO2S. The van der Waals surface area contributed by atoms with Gasteiger partial charge in [-0.05, 0) is 31.6 Å². The Morgan fingerprint density at radius 1 is 1.29 bits per heavy atom. The Morgan fingerprint density at radius 2 is 1.90 bits per heavy atom. The van der Waals surface area contributed by atoms with Crippen LogP contribution in [0.25, 0.3) is 0 Å². The highest BCUT2D eigenvalue weighted by atomic mass is 32.2. The van der Waals surface area contributed by atoms with Crippen LogP contribution in [0.15, 0.2) is 0 Å². The first-order valence-electron chi connectivity index (χ1n) is 7.27. The van der Waals surface area contributed by atoms with Gasteiger partial charge in [0.1, 0.15) is 0 Å². The zero-order chi connectivity index (χ0) is 15.6. The van der Waals surface area contributed by atoms with Gasteiger partial charge in [0, 0.05) is 31.7 Å². The number of rotatable bonds is 3. The highest BCUT2D eigenvalue weighted by molar-refractivity contribution is 8.13. The molecule has 1 heterocycles. The summed E-state index contributed by atoms with van der Waals surface area (Å²) < 4.78 is 37.9. The molecule has 1 aliphatic heterocycles. The average Bonchev–Trinajstić information content (AvgIpc) is 2.77. The minimum absolute atomic E-state index is 0.0274. The molecule has 0 spiro atoms. The van der Waals surface area contributed by atoms with E-state index in [0.717, 1.165) is 0 Å². The molecule has 0 aromatic heterocycles. The summed E-state index contributed by atoms with van der Waals surface area (Å²) in [6.45, 7) is 2.08. The highest BCUT2D eigenvalue weighted by Gasteiger charge is 2.44. The normalized spacial score (nSPS) is 30.8. The summed E-state index contributed by atoms with van der Waals surface area (Å²) in [5, 5.41) is 0.0339. The summed E-state index contributed by atoms with van der Waals surface area (Å²) in [7, 11) is 0. The molecule has 7 heteroatoms. The monoisotopic (exact) mass is 323 g/mol. The van der Waals surface area contributed by atoms with Gasteiger partial charge in [-0.25, -0.2) is 0 Å². The van der Waals surface area contributed by atoms with Crippen LogP contribution in [-0.4, -0.2) is 40.4 Å². The Balaban J connectivity index is 1.83. The first-order valence-corrected chi connectivity index (χ1v) is 8.25. The van der Waals surface area contributed by atoms with Crippen molar-refractivity contribution in [2.45, 2.75) is 51.2 Å². The summed E-state index contributed by atoms with van der Waals surface area (Å²) in [5.41, 5.74) is 0. The number of halogens is 3. The number of hydrogen-bond acceptors (Lipinski definition) is 3. The first-order chi connectivity index (χ1) is 9.77. The second-order valence-corrected chi connectivity index (χ2v) is 7.16. The van der Waals surface area contributed by atoms with E-state index in [9.17, 15) is 22.8 Å². The number of likely N-dealkylation sites (tertiary alicyclic amines) is 1. The van der Waals surface area contributed by atoms with Crippen molar-refractivity contribution < 1.29 is 22.8 Å². The number of carbonyl (C=O) groups is 2. The molecule has 0 aromatic rings. The van der Waals surface area contributed by atoms with E-state index in [-0.39, 0.29) is 35.8 Å². The smallest absolute Gasteiger partial charge is 0.339 e. The van der Waals surface area contributed by atoms with E-state index in [1.165, 1.54) is 18.7 Å². The van der Waals surface area contributed by atoms with Crippen LogP contribution in [0.5, 0.6) is 0 Å². The van der Waals surface area contributed by atoms with E-state index >= 15 is 0 Å². The van der Waals surface area contributed by atoms with Crippen LogP contribution >= 0.6 is 11.8 Å². The van der Waals surface area contributed by atoms with Crippen molar-refractivity contribution in [1.29, 1.82) is 0 Å². The Kier molecular flexibility index (Phi) is 5.22. The Morgan fingerprint density at radius 3 is 2.43 bits per heavy atom. The van der Waals surface area contributed by atoms with Gasteiger partial charge in [0.25, 0.3) is 0 Å². The minimum Gasteiger partial charge on any atom is -0.339 e. The van der Waals surface area contributed by atoms with Crippen LogP contribution in [0, 0.1) is 11.8 Å². The van der Waals surface area contributed by atoms with E-state index in [0.29, 0.717) is 31.6 Å². The van der Waals surface area contributed by atoms with Crippen molar-refractivity contribution in [3.05, 3.63) is 0 Å². The first kappa shape index (κ1) is 16.6. The maximum atomic E-state index is 12.6. The second-order valence-electron chi connectivity index (χ2n) is 5.97. The molecular weight excluding hydrogens is 303 g/mol. The van der Waals surface area contributed by atoms with E-state index in [1.54, 1.807) is 4.90 Å². The molecule has 0 bridgehead atoms. The molecule has 3 nitrogen and oxygen atoms in total. The quantitative estimate of drug-likeness (QED) is 0.800. The molecule has 2 aliphatic rings. The summed E-state index contributed by atoms with van der Waals surface area (Å²) in [6, 6.07) is -0.0524. The molecule has 1 saturated carbocycles. The Bertz CT molecular complexity index is 406. The van der Waals surface area contributed by atoms with Crippen molar-refractivity contribution in [1.82, 2.24) is 4.90 Å². The third-order valence-electron chi connectivity index (χ3n) is 4.36. The second kappa shape index (κ2) is 6.58. The average molecular weight is 323 g/mol. The predicted octanol–water partition coefficient (Wildman–Crippen LogP) is 3.24. The van der Waals surface area contributed by atoms with Crippen LogP contribution in [0.2, 0.25) is 0 Å². The van der Waals surface area contributed by atoms with Gasteiger partial charge in [-0.2, -0.15) is 13.2 Å². The lowest BCUT2D eigenvalue weighted by Crippen LogP contribution is -2.41. The molecule has 21 heavy (non-hydrogen) atoms. The predicted molar refractivity (Wildman–Crippen MR) is 74.8 cm³/mol. The maximum Gasteiger partial charge on any atom is 0.391 e. The summed E-state index contributed by atoms with van der Waals surface area (Å²) in [6.07, 6.45) is -2.60. The molecule has 2 rings (SSSR count). The topological polar surface area (TPSA) is 37.4 Å². The largest absolute Gasteiger partial charge is 0.391 e. The molecule has 1 aliphatic carbocycles. The van der Waals surface area contributed by atoms with Gasteiger partial charge in [0.05, 0.1) is 5.92 Å². The molecule has 2 fully saturated rings. The van der Waals surface area contributed by atoms with Crippen LogP contribution in [-0.2, 0) is 9.59 Å². The number of carbonyl (C=O) groups excluding carboxylic acids is 2. The van der Waals surface area contributed by atoms with E-state index in [2.05, 4.69) is 0 Å². The minimum atomic E-state index is -4.11. The SMILES string of the molecule is CC(=O)SCC1CC(=O)N(C2CCC(C(F)(F)F)CC2)C1. The van der Waals surface area contributed by atoms with Crippen LogP contribution in [0.3, 0.4) is 0 Å². The molecule has 1 amide bonds.